The van der Waals surface area contributed by atoms with Crippen molar-refractivity contribution in [2.45, 2.75) is 11.3 Å². The van der Waals surface area contributed by atoms with E-state index in [9.17, 15) is 4.79 Å². The predicted octanol–water partition coefficient (Wildman–Crippen LogP) is 2.34. The van der Waals surface area contributed by atoms with Crippen molar-refractivity contribution in [1.29, 1.82) is 0 Å². The van der Waals surface area contributed by atoms with Gasteiger partial charge < -0.3 is 5.73 Å². The highest BCUT2D eigenvalue weighted by Crippen LogP contribution is 2.23. The van der Waals surface area contributed by atoms with Gasteiger partial charge in [0.2, 0.25) is 0 Å². The first kappa shape index (κ1) is 11.4. The lowest BCUT2D eigenvalue weighted by Crippen LogP contribution is -2.05. The molecule has 0 atom stereocenters. The number of nitrogen functional groups attached to an aromatic ring is 1. The summed E-state index contributed by atoms with van der Waals surface area (Å²) >= 11 is 7.06. The standard InChI is InChI=1S/C10H12ClNOS/c1-14-10-3-2-8(12)4-7(10)5-9(13)6-11/h2-4H,5-6,12H2,1H3. The molecule has 0 heterocycles. The number of halogens is 1. The highest BCUT2D eigenvalue weighted by Gasteiger charge is 2.07. The molecule has 2 N–H and O–H groups in total. The number of thioether (sulfide) groups is 1. The fraction of sp³-hybridized carbons (Fsp3) is 0.300. The van der Waals surface area contributed by atoms with Crippen LogP contribution in [0.3, 0.4) is 0 Å². The third kappa shape index (κ3) is 2.93. The van der Waals surface area contributed by atoms with Crippen LogP contribution < -0.4 is 5.73 Å². The number of nitrogens with two attached hydrogens (primary N) is 1. The number of anilines is 1. The molecule has 76 valence electrons. The fourth-order valence-electron chi connectivity index (χ4n) is 1.20. The summed E-state index contributed by atoms with van der Waals surface area (Å²) in [5.41, 5.74) is 7.29. The first-order valence-corrected chi connectivity index (χ1v) is 5.93. The fourth-order valence-corrected chi connectivity index (χ4v) is 1.89. The maximum Gasteiger partial charge on any atom is 0.151 e. The first-order chi connectivity index (χ1) is 6.67. The van der Waals surface area contributed by atoms with Crippen molar-refractivity contribution in [2.75, 3.05) is 17.9 Å². The van der Waals surface area contributed by atoms with Crippen molar-refractivity contribution in [3.05, 3.63) is 23.8 Å². The Hall–Kier alpha value is -0.670. The summed E-state index contributed by atoms with van der Waals surface area (Å²) in [5, 5.41) is 0. The monoisotopic (exact) mass is 229 g/mol. The van der Waals surface area contributed by atoms with E-state index in [1.54, 1.807) is 11.8 Å². The molecule has 0 aliphatic carbocycles. The molecule has 0 saturated carbocycles. The number of carbonyl (C=O) groups is 1. The Morgan fingerprint density at radius 2 is 2.29 bits per heavy atom. The molecule has 0 spiro atoms. The average molecular weight is 230 g/mol. The summed E-state index contributed by atoms with van der Waals surface area (Å²) in [6.07, 6.45) is 2.34. The SMILES string of the molecule is CSc1ccc(N)cc1CC(=O)CCl. The van der Waals surface area contributed by atoms with Crippen LogP contribution in [0.2, 0.25) is 0 Å². The molecule has 0 amide bonds. The topological polar surface area (TPSA) is 43.1 Å². The van der Waals surface area contributed by atoms with Gasteiger partial charge in [0, 0.05) is 17.0 Å². The number of rotatable bonds is 4. The van der Waals surface area contributed by atoms with E-state index in [0.717, 1.165) is 10.5 Å². The summed E-state index contributed by atoms with van der Waals surface area (Å²) in [5.74, 6) is 0.0790. The molecule has 0 fully saturated rings. The summed E-state index contributed by atoms with van der Waals surface area (Å²) in [6, 6.07) is 5.59. The lowest BCUT2D eigenvalue weighted by atomic mass is 10.1. The van der Waals surface area contributed by atoms with E-state index in [4.69, 9.17) is 17.3 Å². The van der Waals surface area contributed by atoms with Gasteiger partial charge in [-0.2, -0.15) is 0 Å². The minimum atomic E-state index is 0.0209. The minimum Gasteiger partial charge on any atom is -0.399 e. The molecule has 1 rings (SSSR count). The zero-order valence-corrected chi connectivity index (χ0v) is 9.49. The second-order valence-corrected chi connectivity index (χ2v) is 4.04. The Kier molecular flexibility index (Phi) is 4.29. The molecule has 0 unspecified atom stereocenters. The van der Waals surface area contributed by atoms with Gasteiger partial charge in [-0.1, -0.05) is 0 Å². The number of benzene rings is 1. The van der Waals surface area contributed by atoms with E-state index >= 15 is 0 Å². The molecule has 0 bridgehead atoms. The summed E-state index contributed by atoms with van der Waals surface area (Å²) in [4.78, 5) is 12.3. The summed E-state index contributed by atoms with van der Waals surface area (Å²) in [7, 11) is 0. The number of hydrogen-bond acceptors (Lipinski definition) is 3. The lowest BCUT2D eigenvalue weighted by molar-refractivity contribution is -0.116. The van der Waals surface area contributed by atoms with Gasteiger partial charge >= 0.3 is 0 Å². The van der Waals surface area contributed by atoms with Crippen molar-refractivity contribution in [2.24, 2.45) is 0 Å². The van der Waals surface area contributed by atoms with Crippen LogP contribution in [0, 0.1) is 0 Å². The van der Waals surface area contributed by atoms with Crippen LogP contribution in [0.4, 0.5) is 5.69 Å². The number of carbonyl (C=O) groups excluding carboxylic acids is 1. The van der Waals surface area contributed by atoms with Crippen molar-refractivity contribution >= 4 is 34.8 Å². The van der Waals surface area contributed by atoms with Crippen LogP contribution in [0.1, 0.15) is 5.56 Å². The van der Waals surface area contributed by atoms with E-state index < -0.39 is 0 Å². The van der Waals surface area contributed by atoms with Gasteiger partial charge in [-0.15, -0.1) is 23.4 Å². The normalized spacial score (nSPS) is 10.1. The zero-order valence-electron chi connectivity index (χ0n) is 7.92. The quantitative estimate of drug-likeness (QED) is 0.490. The van der Waals surface area contributed by atoms with Gasteiger partial charge in [0.25, 0.3) is 0 Å². The van der Waals surface area contributed by atoms with E-state index in [1.807, 2.05) is 24.5 Å². The van der Waals surface area contributed by atoms with Crippen molar-refractivity contribution in [3.8, 4) is 0 Å². The molecule has 14 heavy (non-hydrogen) atoms. The molecule has 0 radical (unpaired) electrons. The summed E-state index contributed by atoms with van der Waals surface area (Å²) < 4.78 is 0. The van der Waals surface area contributed by atoms with Crippen LogP contribution in [-0.4, -0.2) is 17.9 Å². The molecular weight excluding hydrogens is 218 g/mol. The second-order valence-electron chi connectivity index (χ2n) is 2.92. The predicted molar refractivity (Wildman–Crippen MR) is 62.1 cm³/mol. The Bertz CT molecular complexity index is 341. The molecule has 1 aromatic rings. The third-order valence-electron chi connectivity index (χ3n) is 1.84. The van der Waals surface area contributed by atoms with Gasteiger partial charge in [-0.3, -0.25) is 4.79 Å². The van der Waals surface area contributed by atoms with Crippen LogP contribution in [0.5, 0.6) is 0 Å². The largest absolute Gasteiger partial charge is 0.399 e. The molecule has 0 aliphatic heterocycles. The van der Waals surface area contributed by atoms with Crippen molar-refractivity contribution < 1.29 is 4.79 Å². The Morgan fingerprint density at radius 3 is 2.86 bits per heavy atom. The maximum atomic E-state index is 11.2. The van der Waals surface area contributed by atoms with Crippen LogP contribution in [0.15, 0.2) is 23.1 Å². The lowest BCUT2D eigenvalue weighted by Gasteiger charge is -2.06. The molecule has 0 aromatic heterocycles. The number of alkyl halides is 1. The van der Waals surface area contributed by atoms with E-state index in [0.29, 0.717) is 12.1 Å². The second kappa shape index (κ2) is 5.27. The van der Waals surface area contributed by atoms with E-state index in [2.05, 4.69) is 0 Å². The Balaban J connectivity index is 2.93. The smallest absolute Gasteiger partial charge is 0.151 e. The molecular formula is C10H12ClNOS. The van der Waals surface area contributed by atoms with Gasteiger partial charge in [0.15, 0.2) is 5.78 Å². The van der Waals surface area contributed by atoms with Gasteiger partial charge in [0.1, 0.15) is 0 Å². The van der Waals surface area contributed by atoms with Crippen molar-refractivity contribution in [1.82, 2.24) is 0 Å². The molecule has 4 heteroatoms. The van der Waals surface area contributed by atoms with E-state index in [1.165, 1.54) is 0 Å². The number of ketones is 1. The molecule has 0 saturated heterocycles. The van der Waals surface area contributed by atoms with Crippen LogP contribution >= 0.6 is 23.4 Å². The zero-order chi connectivity index (χ0) is 10.6. The van der Waals surface area contributed by atoms with Gasteiger partial charge in [-0.05, 0) is 30.0 Å². The minimum absolute atomic E-state index is 0.0209. The van der Waals surface area contributed by atoms with Gasteiger partial charge in [0.05, 0.1) is 5.88 Å². The Labute approximate surface area is 92.8 Å². The van der Waals surface area contributed by atoms with Crippen LogP contribution in [-0.2, 0) is 11.2 Å². The highest BCUT2D eigenvalue weighted by molar-refractivity contribution is 7.98. The molecule has 0 aliphatic rings. The Morgan fingerprint density at radius 1 is 1.57 bits per heavy atom. The van der Waals surface area contributed by atoms with Crippen molar-refractivity contribution in [3.63, 3.8) is 0 Å². The summed E-state index contributed by atoms with van der Waals surface area (Å²) in [6.45, 7) is 0. The number of Topliss-reactive ketones (excluding diaryl/α,β-unsaturated/α-hetero) is 1. The molecule has 1 aromatic carbocycles. The highest BCUT2D eigenvalue weighted by atomic mass is 35.5. The first-order valence-electron chi connectivity index (χ1n) is 4.17. The average Bonchev–Trinajstić information content (AvgIpc) is 2.18. The van der Waals surface area contributed by atoms with Crippen LogP contribution in [0.25, 0.3) is 0 Å². The number of hydrogen-bond donors (Lipinski definition) is 1. The van der Waals surface area contributed by atoms with E-state index in [-0.39, 0.29) is 11.7 Å². The maximum absolute atomic E-state index is 11.2. The third-order valence-corrected chi connectivity index (χ3v) is 2.98. The van der Waals surface area contributed by atoms with Gasteiger partial charge in [-0.25, -0.2) is 0 Å². The molecule has 2 nitrogen and oxygen atoms in total.